The number of rotatable bonds is 4. The fourth-order valence-electron chi connectivity index (χ4n) is 3.55. The van der Waals surface area contributed by atoms with Gasteiger partial charge in [0.25, 0.3) is 0 Å². The Morgan fingerprint density at radius 2 is 1.60 bits per heavy atom. The van der Waals surface area contributed by atoms with Crippen LogP contribution < -0.4 is 0 Å². The van der Waals surface area contributed by atoms with Crippen LogP contribution in [0, 0.1) is 0 Å². The molecule has 0 aliphatic heterocycles. The first kappa shape index (κ1) is 15.9. The maximum atomic E-state index is 9.84. The molecule has 4 aromatic rings. The molecule has 1 atom stereocenters. The number of hydrogen-bond acceptors (Lipinski definition) is 2. The summed E-state index contributed by atoms with van der Waals surface area (Å²) < 4.78 is 2.17. The second-order valence-electron chi connectivity index (χ2n) is 6.43. The van der Waals surface area contributed by atoms with E-state index in [2.05, 4.69) is 41.0 Å². The minimum absolute atomic E-state index is 0.107. The third-order valence-corrected chi connectivity index (χ3v) is 4.80. The summed E-state index contributed by atoms with van der Waals surface area (Å²) in [6, 6.07) is 22.8. The van der Waals surface area contributed by atoms with E-state index in [4.69, 9.17) is 0 Å². The van der Waals surface area contributed by atoms with Crippen LogP contribution in [0.25, 0.3) is 32.9 Å². The molecular weight excluding hydrogens is 310 g/mol. The molecule has 0 fully saturated rings. The zero-order valence-electron chi connectivity index (χ0n) is 14.2. The van der Waals surface area contributed by atoms with Gasteiger partial charge in [0.2, 0.25) is 0 Å². The maximum absolute atomic E-state index is 9.84. The monoisotopic (exact) mass is 331 g/mol. The van der Waals surface area contributed by atoms with E-state index in [1.54, 1.807) is 6.92 Å². The topological polar surface area (TPSA) is 45.4 Å². The Balaban J connectivity index is 1.94. The summed E-state index contributed by atoms with van der Waals surface area (Å²) in [5, 5.41) is 21.7. The van der Waals surface area contributed by atoms with Crippen molar-refractivity contribution in [2.24, 2.45) is 0 Å². The highest BCUT2D eigenvalue weighted by atomic mass is 16.3. The summed E-state index contributed by atoms with van der Waals surface area (Å²) >= 11 is 0. The average molecular weight is 331 g/mol. The number of nitrogens with zero attached hydrogens (tertiary/aromatic N) is 1. The molecule has 0 spiro atoms. The van der Waals surface area contributed by atoms with Crippen LogP contribution in [0.15, 0.2) is 66.7 Å². The fourth-order valence-corrected chi connectivity index (χ4v) is 3.55. The summed E-state index contributed by atoms with van der Waals surface area (Å²) in [5.41, 5.74) is 5.36. The molecule has 4 rings (SSSR count). The molecule has 0 aliphatic carbocycles. The number of benzene rings is 3. The summed E-state index contributed by atoms with van der Waals surface area (Å²) in [6.45, 7) is 2.46. The van der Waals surface area contributed by atoms with Gasteiger partial charge in [0, 0.05) is 28.4 Å². The minimum atomic E-state index is -0.482. The standard InChI is InChI=1S/C22H21NO2/c1-15(25)16-5-4-6-17(13-16)18-9-10-20-19-7-2-3-8-21(19)23(11-12-24)22(20)14-18/h2-10,13-15,24-25H,11-12H2,1H3. The lowest BCUT2D eigenvalue weighted by molar-refractivity contribution is 0.199. The van der Waals surface area contributed by atoms with Crippen LogP contribution in [0.4, 0.5) is 0 Å². The van der Waals surface area contributed by atoms with Gasteiger partial charge in [-0.1, -0.05) is 48.5 Å². The van der Waals surface area contributed by atoms with Gasteiger partial charge in [-0.2, -0.15) is 0 Å². The number of aromatic nitrogens is 1. The molecule has 0 saturated carbocycles. The van der Waals surface area contributed by atoms with E-state index in [-0.39, 0.29) is 6.61 Å². The normalized spacial score (nSPS) is 12.8. The molecular formula is C22H21NO2. The highest BCUT2D eigenvalue weighted by molar-refractivity contribution is 6.09. The van der Waals surface area contributed by atoms with Crippen molar-refractivity contribution in [3.63, 3.8) is 0 Å². The molecule has 126 valence electrons. The van der Waals surface area contributed by atoms with E-state index in [9.17, 15) is 10.2 Å². The lowest BCUT2D eigenvalue weighted by Crippen LogP contribution is -2.01. The van der Waals surface area contributed by atoms with Gasteiger partial charge in [0.15, 0.2) is 0 Å². The molecule has 25 heavy (non-hydrogen) atoms. The van der Waals surface area contributed by atoms with Crippen LogP contribution >= 0.6 is 0 Å². The molecule has 3 nitrogen and oxygen atoms in total. The van der Waals surface area contributed by atoms with Crippen LogP contribution in [-0.2, 0) is 6.54 Å². The van der Waals surface area contributed by atoms with Crippen molar-refractivity contribution in [2.75, 3.05) is 6.61 Å². The highest BCUT2D eigenvalue weighted by Gasteiger charge is 2.11. The third kappa shape index (κ3) is 2.72. The third-order valence-electron chi connectivity index (χ3n) is 4.80. The van der Waals surface area contributed by atoms with Gasteiger partial charge in [0.05, 0.1) is 12.7 Å². The van der Waals surface area contributed by atoms with Crippen LogP contribution in [0.2, 0.25) is 0 Å². The van der Waals surface area contributed by atoms with Crippen molar-refractivity contribution in [3.8, 4) is 11.1 Å². The van der Waals surface area contributed by atoms with Gasteiger partial charge in [-0.15, -0.1) is 0 Å². The molecule has 1 unspecified atom stereocenters. The second kappa shape index (κ2) is 6.36. The van der Waals surface area contributed by atoms with Gasteiger partial charge < -0.3 is 14.8 Å². The van der Waals surface area contributed by atoms with E-state index in [0.29, 0.717) is 6.54 Å². The van der Waals surface area contributed by atoms with E-state index >= 15 is 0 Å². The molecule has 2 N–H and O–H groups in total. The SMILES string of the molecule is CC(O)c1cccc(-c2ccc3c4ccccc4n(CCO)c3c2)c1. The Kier molecular flexibility index (Phi) is 4.04. The number of para-hydroxylation sites is 1. The smallest absolute Gasteiger partial charge is 0.0762 e. The summed E-state index contributed by atoms with van der Waals surface area (Å²) in [4.78, 5) is 0. The van der Waals surface area contributed by atoms with Crippen molar-refractivity contribution in [2.45, 2.75) is 19.6 Å². The zero-order valence-corrected chi connectivity index (χ0v) is 14.2. The Morgan fingerprint density at radius 3 is 2.40 bits per heavy atom. The molecule has 0 amide bonds. The van der Waals surface area contributed by atoms with Crippen molar-refractivity contribution < 1.29 is 10.2 Å². The van der Waals surface area contributed by atoms with Crippen LogP contribution in [0.1, 0.15) is 18.6 Å². The van der Waals surface area contributed by atoms with Crippen LogP contribution in [0.5, 0.6) is 0 Å². The van der Waals surface area contributed by atoms with Crippen molar-refractivity contribution in [1.29, 1.82) is 0 Å². The van der Waals surface area contributed by atoms with E-state index in [1.807, 2.05) is 30.3 Å². The molecule has 1 aromatic heterocycles. The van der Waals surface area contributed by atoms with Crippen molar-refractivity contribution >= 4 is 21.8 Å². The summed E-state index contributed by atoms with van der Waals surface area (Å²) in [6.07, 6.45) is -0.482. The molecule has 0 bridgehead atoms. The van der Waals surface area contributed by atoms with Gasteiger partial charge in [-0.05, 0) is 41.8 Å². The van der Waals surface area contributed by atoms with Gasteiger partial charge in [-0.3, -0.25) is 0 Å². The van der Waals surface area contributed by atoms with E-state index in [0.717, 1.165) is 27.7 Å². The molecule has 1 heterocycles. The first-order valence-electron chi connectivity index (χ1n) is 8.59. The van der Waals surface area contributed by atoms with Gasteiger partial charge in [0.1, 0.15) is 0 Å². The highest BCUT2D eigenvalue weighted by Crippen LogP contribution is 2.33. The summed E-state index contributed by atoms with van der Waals surface area (Å²) in [7, 11) is 0. The summed E-state index contributed by atoms with van der Waals surface area (Å²) in [5.74, 6) is 0. The molecule has 3 aromatic carbocycles. The number of aliphatic hydroxyl groups excluding tert-OH is 2. The predicted molar refractivity (Wildman–Crippen MR) is 103 cm³/mol. The lowest BCUT2D eigenvalue weighted by atomic mass is 10.00. The fraction of sp³-hybridized carbons (Fsp3) is 0.182. The number of fused-ring (bicyclic) bond motifs is 3. The van der Waals surface area contributed by atoms with Gasteiger partial charge in [-0.25, -0.2) is 0 Å². The van der Waals surface area contributed by atoms with E-state index in [1.165, 1.54) is 10.8 Å². The number of hydrogen-bond donors (Lipinski definition) is 2. The Labute approximate surface area is 146 Å². The number of aliphatic hydroxyl groups is 2. The zero-order chi connectivity index (χ0) is 17.4. The van der Waals surface area contributed by atoms with Gasteiger partial charge >= 0.3 is 0 Å². The van der Waals surface area contributed by atoms with Crippen molar-refractivity contribution in [1.82, 2.24) is 4.57 Å². The lowest BCUT2D eigenvalue weighted by Gasteiger charge is -2.09. The second-order valence-corrected chi connectivity index (χ2v) is 6.43. The molecule has 3 heteroatoms. The molecule has 0 aliphatic rings. The van der Waals surface area contributed by atoms with Crippen molar-refractivity contribution in [3.05, 3.63) is 72.3 Å². The Hall–Kier alpha value is -2.62. The van der Waals surface area contributed by atoms with Crippen LogP contribution in [-0.4, -0.2) is 21.4 Å². The van der Waals surface area contributed by atoms with E-state index < -0.39 is 6.10 Å². The maximum Gasteiger partial charge on any atom is 0.0762 e. The minimum Gasteiger partial charge on any atom is -0.395 e. The average Bonchev–Trinajstić information content (AvgIpc) is 2.96. The molecule has 0 radical (unpaired) electrons. The first-order valence-corrected chi connectivity index (χ1v) is 8.59. The quantitative estimate of drug-likeness (QED) is 0.578. The first-order chi connectivity index (χ1) is 12.2. The molecule has 0 saturated heterocycles. The largest absolute Gasteiger partial charge is 0.395 e. The Bertz CT molecular complexity index is 1050. The predicted octanol–water partition coefficient (Wildman–Crippen LogP) is 4.51. The van der Waals surface area contributed by atoms with Crippen LogP contribution in [0.3, 0.4) is 0 Å². The Morgan fingerprint density at radius 1 is 0.840 bits per heavy atom.